The molecule has 0 bridgehead atoms. The molecule has 0 saturated carbocycles. The minimum atomic E-state index is -0.175. The molecule has 0 aromatic heterocycles. The number of piperidine rings is 1. The molecule has 0 amide bonds. The summed E-state index contributed by atoms with van der Waals surface area (Å²) in [5.41, 5.74) is -0.175. The zero-order valence-electron chi connectivity index (χ0n) is 12.0. The van der Waals surface area contributed by atoms with Crippen LogP contribution in [0.25, 0.3) is 0 Å². The highest BCUT2D eigenvalue weighted by atomic mass is 16.5. The molecule has 18 heavy (non-hydrogen) atoms. The summed E-state index contributed by atoms with van der Waals surface area (Å²) < 4.78 is 5.66. The molecule has 1 aliphatic heterocycles. The van der Waals surface area contributed by atoms with E-state index in [1.807, 2.05) is 13.8 Å². The first kappa shape index (κ1) is 15.5. The number of nitrogens with one attached hydrogen (secondary N) is 1. The molecule has 1 N–H and O–H groups in total. The SMILES string of the molecule is CC(C)(C#N)CCCCOCCC1CCCCN1. The molecule has 1 atom stereocenters. The van der Waals surface area contributed by atoms with Crippen molar-refractivity contribution < 1.29 is 4.74 Å². The molecule has 1 aliphatic rings. The van der Waals surface area contributed by atoms with Crippen molar-refractivity contribution in [3.05, 3.63) is 0 Å². The Morgan fingerprint density at radius 2 is 2.11 bits per heavy atom. The van der Waals surface area contributed by atoms with Gasteiger partial charge in [0.2, 0.25) is 0 Å². The van der Waals surface area contributed by atoms with E-state index in [0.29, 0.717) is 6.04 Å². The molecular formula is C15H28N2O. The molecule has 0 spiro atoms. The highest BCUT2D eigenvalue weighted by Crippen LogP contribution is 2.21. The van der Waals surface area contributed by atoms with Gasteiger partial charge in [0.05, 0.1) is 11.5 Å². The normalized spacial score (nSPS) is 20.6. The Hall–Kier alpha value is -0.590. The Kier molecular flexibility index (Phi) is 7.31. The van der Waals surface area contributed by atoms with Crippen molar-refractivity contribution in [1.29, 1.82) is 5.26 Å². The fourth-order valence-electron chi connectivity index (χ4n) is 2.33. The minimum Gasteiger partial charge on any atom is -0.381 e. The van der Waals surface area contributed by atoms with Crippen LogP contribution in [0.1, 0.15) is 58.8 Å². The second kappa shape index (κ2) is 8.50. The van der Waals surface area contributed by atoms with Gasteiger partial charge in [0.1, 0.15) is 0 Å². The summed E-state index contributed by atoms with van der Waals surface area (Å²) in [5, 5.41) is 12.4. The molecule has 0 aromatic carbocycles. The van der Waals surface area contributed by atoms with Gasteiger partial charge in [-0.2, -0.15) is 5.26 Å². The molecule has 1 saturated heterocycles. The molecule has 0 aromatic rings. The zero-order chi connectivity index (χ0) is 13.3. The van der Waals surface area contributed by atoms with Crippen LogP contribution in [0.2, 0.25) is 0 Å². The van der Waals surface area contributed by atoms with Crippen molar-refractivity contribution in [2.45, 2.75) is 64.8 Å². The Morgan fingerprint density at radius 1 is 1.28 bits per heavy atom. The molecule has 1 heterocycles. The fourth-order valence-corrected chi connectivity index (χ4v) is 2.33. The molecule has 1 fully saturated rings. The van der Waals surface area contributed by atoms with Crippen molar-refractivity contribution >= 4 is 0 Å². The van der Waals surface area contributed by atoms with Crippen molar-refractivity contribution in [1.82, 2.24) is 5.32 Å². The predicted octanol–water partition coefficient (Wildman–Crippen LogP) is 3.26. The Balaban J connectivity index is 1.88. The lowest BCUT2D eigenvalue weighted by Gasteiger charge is -2.23. The van der Waals surface area contributed by atoms with E-state index in [9.17, 15) is 0 Å². The first-order chi connectivity index (χ1) is 8.64. The molecule has 1 unspecified atom stereocenters. The average molecular weight is 252 g/mol. The Labute approximate surface area is 112 Å². The van der Waals surface area contributed by atoms with Gasteiger partial charge in [0, 0.05) is 19.3 Å². The quantitative estimate of drug-likeness (QED) is 0.674. The van der Waals surface area contributed by atoms with Crippen LogP contribution < -0.4 is 5.32 Å². The number of unbranched alkanes of at least 4 members (excludes halogenated alkanes) is 1. The first-order valence-electron chi connectivity index (χ1n) is 7.36. The summed E-state index contributed by atoms with van der Waals surface area (Å²) in [4.78, 5) is 0. The fraction of sp³-hybridized carbons (Fsp3) is 0.933. The number of nitrogens with zero attached hydrogens (tertiary/aromatic N) is 1. The van der Waals surface area contributed by atoms with Gasteiger partial charge in [-0.15, -0.1) is 0 Å². The summed E-state index contributed by atoms with van der Waals surface area (Å²) >= 11 is 0. The maximum absolute atomic E-state index is 8.89. The third-order valence-electron chi connectivity index (χ3n) is 3.67. The van der Waals surface area contributed by atoms with Gasteiger partial charge in [0.25, 0.3) is 0 Å². The first-order valence-corrected chi connectivity index (χ1v) is 7.36. The molecule has 3 nitrogen and oxygen atoms in total. The lowest BCUT2D eigenvalue weighted by Crippen LogP contribution is -2.34. The van der Waals surface area contributed by atoms with Crippen LogP contribution in [0, 0.1) is 16.7 Å². The van der Waals surface area contributed by atoms with E-state index in [0.717, 1.165) is 38.9 Å². The largest absolute Gasteiger partial charge is 0.381 e. The summed E-state index contributed by atoms with van der Waals surface area (Å²) in [5.74, 6) is 0. The van der Waals surface area contributed by atoms with E-state index < -0.39 is 0 Å². The highest BCUT2D eigenvalue weighted by Gasteiger charge is 2.15. The molecule has 104 valence electrons. The summed E-state index contributed by atoms with van der Waals surface area (Å²) in [6, 6.07) is 3.01. The standard InChI is InChI=1S/C15H28N2O/c1-15(2,13-16)9-4-6-11-18-12-8-14-7-3-5-10-17-14/h14,17H,3-12H2,1-2H3. The number of hydrogen-bond acceptors (Lipinski definition) is 3. The van der Waals surface area contributed by atoms with Crippen LogP contribution >= 0.6 is 0 Å². The maximum Gasteiger partial charge on any atom is 0.0683 e. The van der Waals surface area contributed by atoms with Gasteiger partial charge in [-0.1, -0.05) is 6.42 Å². The van der Waals surface area contributed by atoms with Crippen molar-refractivity contribution in [3.63, 3.8) is 0 Å². The van der Waals surface area contributed by atoms with Crippen LogP contribution in [0.3, 0.4) is 0 Å². The van der Waals surface area contributed by atoms with Crippen LogP contribution in [-0.2, 0) is 4.74 Å². The molecule has 1 rings (SSSR count). The van der Waals surface area contributed by atoms with E-state index in [-0.39, 0.29) is 5.41 Å². The maximum atomic E-state index is 8.89. The average Bonchev–Trinajstić information content (AvgIpc) is 2.39. The number of rotatable bonds is 8. The third kappa shape index (κ3) is 6.98. The van der Waals surface area contributed by atoms with Crippen LogP contribution in [0.5, 0.6) is 0 Å². The van der Waals surface area contributed by atoms with Gasteiger partial charge in [-0.3, -0.25) is 0 Å². The van der Waals surface area contributed by atoms with Crippen molar-refractivity contribution in [3.8, 4) is 6.07 Å². The minimum absolute atomic E-state index is 0.175. The van der Waals surface area contributed by atoms with Crippen molar-refractivity contribution in [2.75, 3.05) is 19.8 Å². The van der Waals surface area contributed by atoms with Crippen LogP contribution in [0.15, 0.2) is 0 Å². The number of ether oxygens (including phenoxy) is 1. The van der Waals surface area contributed by atoms with Crippen LogP contribution in [-0.4, -0.2) is 25.8 Å². The number of hydrogen-bond donors (Lipinski definition) is 1. The molecule has 3 heteroatoms. The Bertz CT molecular complexity index is 252. The van der Waals surface area contributed by atoms with Gasteiger partial charge in [-0.25, -0.2) is 0 Å². The van der Waals surface area contributed by atoms with E-state index in [4.69, 9.17) is 10.00 Å². The van der Waals surface area contributed by atoms with E-state index >= 15 is 0 Å². The topological polar surface area (TPSA) is 45.0 Å². The summed E-state index contributed by atoms with van der Waals surface area (Å²) in [6.45, 7) is 6.90. The lowest BCUT2D eigenvalue weighted by atomic mass is 9.89. The second-order valence-corrected chi connectivity index (χ2v) is 6.00. The molecule has 0 radical (unpaired) electrons. The van der Waals surface area contributed by atoms with E-state index in [1.165, 1.54) is 25.8 Å². The van der Waals surface area contributed by atoms with Gasteiger partial charge >= 0.3 is 0 Å². The molecule has 0 aliphatic carbocycles. The smallest absolute Gasteiger partial charge is 0.0683 e. The predicted molar refractivity (Wildman–Crippen MR) is 74.3 cm³/mol. The second-order valence-electron chi connectivity index (χ2n) is 6.00. The zero-order valence-corrected chi connectivity index (χ0v) is 12.0. The third-order valence-corrected chi connectivity index (χ3v) is 3.67. The number of nitriles is 1. The van der Waals surface area contributed by atoms with E-state index in [1.54, 1.807) is 0 Å². The van der Waals surface area contributed by atoms with Gasteiger partial charge in [0.15, 0.2) is 0 Å². The summed E-state index contributed by atoms with van der Waals surface area (Å²) in [6.07, 6.45) is 8.26. The van der Waals surface area contributed by atoms with Crippen molar-refractivity contribution in [2.24, 2.45) is 5.41 Å². The monoisotopic (exact) mass is 252 g/mol. The lowest BCUT2D eigenvalue weighted by molar-refractivity contribution is 0.116. The van der Waals surface area contributed by atoms with Gasteiger partial charge < -0.3 is 10.1 Å². The highest BCUT2D eigenvalue weighted by molar-refractivity contribution is 4.91. The van der Waals surface area contributed by atoms with Crippen LogP contribution in [0.4, 0.5) is 0 Å². The summed E-state index contributed by atoms with van der Waals surface area (Å²) in [7, 11) is 0. The van der Waals surface area contributed by atoms with E-state index in [2.05, 4.69) is 11.4 Å². The molecular weight excluding hydrogens is 224 g/mol. The Morgan fingerprint density at radius 3 is 2.78 bits per heavy atom. The van der Waals surface area contributed by atoms with Gasteiger partial charge in [-0.05, 0) is 58.9 Å².